The van der Waals surface area contributed by atoms with Crippen molar-refractivity contribution in [2.24, 2.45) is 0 Å². The maximum Gasteiger partial charge on any atom is 0.175 e. The van der Waals surface area contributed by atoms with Crippen molar-refractivity contribution in [2.75, 3.05) is 19.3 Å². The van der Waals surface area contributed by atoms with Crippen LogP contribution >= 0.6 is 0 Å². The van der Waals surface area contributed by atoms with Gasteiger partial charge >= 0.3 is 0 Å². The molecule has 1 fully saturated rings. The molecule has 3 nitrogen and oxygen atoms in total. The highest BCUT2D eigenvalue weighted by Crippen LogP contribution is 2.30. The van der Waals surface area contributed by atoms with Gasteiger partial charge in [-0.2, -0.15) is 0 Å². The van der Waals surface area contributed by atoms with E-state index < -0.39 is 9.84 Å². The van der Waals surface area contributed by atoms with Crippen LogP contribution in [0.4, 0.5) is 4.39 Å². The van der Waals surface area contributed by atoms with Crippen LogP contribution in [-0.2, 0) is 9.84 Å². The molecule has 1 N–H and O–H groups in total. The van der Waals surface area contributed by atoms with E-state index in [0.717, 1.165) is 42.6 Å². The zero-order valence-electron chi connectivity index (χ0n) is 13.0. The van der Waals surface area contributed by atoms with Gasteiger partial charge in [0.2, 0.25) is 0 Å². The number of benzene rings is 2. The van der Waals surface area contributed by atoms with Crippen molar-refractivity contribution in [1.29, 1.82) is 0 Å². The summed E-state index contributed by atoms with van der Waals surface area (Å²) in [6, 6.07) is 11.7. The summed E-state index contributed by atoms with van der Waals surface area (Å²) in [4.78, 5) is 0.274. The summed E-state index contributed by atoms with van der Waals surface area (Å²) in [7, 11) is -3.22. The number of rotatable bonds is 3. The van der Waals surface area contributed by atoms with Crippen molar-refractivity contribution in [3.05, 3.63) is 53.8 Å². The highest BCUT2D eigenvalue weighted by Gasteiger charge is 2.17. The van der Waals surface area contributed by atoms with E-state index in [-0.39, 0.29) is 10.7 Å². The predicted molar refractivity (Wildman–Crippen MR) is 89.8 cm³/mol. The van der Waals surface area contributed by atoms with Gasteiger partial charge in [0.25, 0.3) is 0 Å². The molecule has 0 aromatic heterocycles. The fraction of sp³-hybridized carbons (Fsp3) is 0.333. The Morgan fingerprint density at radius 1 is 1.00 bits per heavy atom. The van der Waals surface area contributed by atoms with Crippen molar-refractivity contribution >= 4 is 9.84 Å². The minimum Gasteiger partial charge on any atom is -0.317 e. The molecular formula is C18H20FNO2S. The summed E-state index contributed by atoms with van der Waals surface area (Å²) in [5, 5.41) is 3.32. The zero-order valence-corrected chi connectivity index (χ0v) is 13.9. The quantitative estimate of drug-likeness (QED) is 0.937. The minimum absolute atomic E-state index is 0.247. The molecule has 1 aliphatic heterocycles. The third kappa shape index (κ3) is 3.79. The third-order valence-electron chi connectivity index (χ3n) is 4.35. The Morgan fingerprint density at radius 3 is 2.26 bits per heavy atom. The largest absolute Gasteiger partial charge is 0.317 e. The van der Waals surface area contributed by atoms with Crippen LogP contribution in [0.25, 0.3) is 11.1 Å². The van der Waals surface area contributed by atoms with E-state index in [1.54, 1.807) is 30.3 Å². The normalized spacial score (nSPS) is 16.4. The van der Waals surface area contributed by atoms with Crippen molar-refractivity contribution in [3.8, 4) is 11.1 Å². The van der Waals surface area contributed by atoms with Crippen molar-refractivity contribution in [1.82, 2.24) is 5.32 Å². The van der Waals surface area contributed by atoms with Gasteiger partial charge in [-0.15, -0.1) is 0 Å². The molecule has 1 saturated heterocycles. The second-order valence-electron chi connectivity index (χ2n) is 6.09. The van der Waals surface area contributed by atoms with Crippen molar-refractivity contribution in [3.63, 3.8) is 0 Å². The average Bonchev–Trinajstić information content (AvgIpc) is 2.54. The molecule has 1 aliphatic rings. The lowest BCUT2D eigenvalue weighted by atomic mass is 9.88. The van der Waals surface area contributed by atoms with Crippen LogP contribution in [0.2, 0.25) is 0 Å². The number of piperidine rings is 1. The minimum atomic E-state index is -3.22. The Bertz CT molecular complexity index is 794. The summed E-state index contributed by atoms with van der Waals surface area (Å²) in [6.07, 6.45) is 3.20. The summed E-state index contributed by atoms with van der Waals surface area (Å²) in [6.45, 7) is 1.92. The molecule has 5 heteroatoms. The third-order valence-corrected chi connectivity index (χ3v) is 5.47. The maximum atomic E-state index is 14.0. The molecule has 0 bridgehead atoms. The lowest BCUT2D eigenvalue weighted by Gasteiger charge is -2.23. The van der Waals surface area contributed by atoms with E-state index in [1.807, 2.05) is 6.07 Å². The van der Waals surface area contributed by atoms with E-state index in [0.29, 0.717) is 5.92 Å². The molecule has 1 heterocycles. The highest BCUT2D eigenvalue weighted by molar-refractivity contribution is 7.90. The lowest BCUT2D eigenvalue weighted by molar-refractivity contribution is 0.458. The van der Waals surface area contributed by atoms with Gasteiger partial charge in [-0.05, 0) is 72.8 Å². The summed E-state index contributed by atoms with van der Waals surface area (Å²) in [5.74, 6) is 0.129. The van der Waals surface area contributed by atoms with Crippen LogP contribution in [0.1, 0.15) is 24.3 Å². The second-order valence-corrected chi connectivity index (χ2v) is 8.11. The van der Waals surface area contributed by atoms with Crippen LogP contribution < -0.4 is 5.32 Å². The van der Waals surface area contributed by atoms with Crippen molar-refractivity contribution < 1.29 is 12.8 Å². The predicted octanol–water partition coefficient (Wildman–Crippen LogP) is 3.36. The molecule has 0 unspecified atom stereocenters. The van der Waals surface area contributed by atoms with Gasteiger partial charge in [-0.25, -0.2) is 12.8 Å². The second kappa shape index (κ2) is 6.42. The Labute approximate surface area is 136 Å². The molecule has 0 atom stereocenters. The van der Waals surface area contributed by atoms with Crippen LogP contribution in [0.5, 0.6) is 0 Å². The number of hydrogen-bond acceptors (Lipinski definition) is 3. The van der Waals surface area contributed by atoms with E-state index in [9.17, 15) is 12.8 Å². The molecule has 23 heavy (non-hydrogen) atoms. The van der Waals surface area contributed by atoms with E-state index in [4.69, 9.17) is 0 Å². The number of halogens is 1. The molecule has 0 radical (unpaired) electrons. The molecular weight excluding hydrogens is 313 g/mol. The molecule has 0 saturated carbocycles. The van der Waals surface area contributed by atoms with Crippen LogP contribution in [-0.4, -0.2) is 27.8 Å². The topological polar surface area (TPSA) is 46.2 Å². The van der Waals surface area contributed by atoms with Gasteiger partial charge in [-0.1, -0.05) is 18.2 Å². The molecule has 2 aromatic rings. The number of sulfone groups is 1. The Morgan fingerprint density at radius 2 is 1.65 bits per heavy atom. The Kier molecular flexibility index (Phi) is 4.50. The first kappa shape index (κ1) is 16.1. The molecule has 0 amide bonds. The molecule has 122 valence electrons. The summed E-state index contributed by atoms with van der Waals surface area (Å²) < 4.78 is 37.1. The van der Waals surface area contributed by atoms with Gasteiger partial charge in [0.15, 0.2) is 9.84 Å². The molecule has 0 aliphatic carbocycles. The SMILES string of the molecule is CS(=O)(=O)c1ccc(-c2cc(F)cc(C3CCNCC3)c2)cc1. The van der Waals surface area contributed by atoms with Gasteiger partial charge < -0.3 is 5.32 Å². The monoisotopic (exact) mass is 333 g/mol. The number of hydrogen-bond donors (Lipinski definition) is 1. The van der Waals surface area contributed by atoms with E-state index >= 15 is 0 Å². The Hall–Kier alpha value is -1.72. The van der Waals surface area contributed by atoms with Crippen LogP contribution in [0, 0.1) is 5.82 Å². The van der Waals surface area contributed by atoms with Crippen molar-refractivity contribution in [2.45, 2.75) is 23.7 Å². The standard InChI is InChI=1S/C18H20FNO2S/c1-23(21,22)18-4-2-13(3-5-18)15-10-16(12-17(19)11-15)14-6-8-20-9-7-14/h2-5,10-12,14,20H,6-9H2,1H3. The van der Waals surface area contributed by atoms with Gasteiger partial charge in [0.05, 0.1) is 4.90 Å². The number of nitrogens with one attached hydrogen (secondary N) is 1. The first-order chi connectivity index (χ1) is 10.9. The maximum absolute atomic E-state index is 14.0. The lowest BCUT2D eigenvalue weighted by Crippen LogP contribution is -2.26. The van der Waals surface area contributed by atoms with Crippen LogP contribution in [0.3, 0.4) is 0 Å². The van der Waals surface area contributed by atoms with E-state index in [2.05, 4.69) is 5.32 Å². The molecule has 3 rings (SSSR count). The first-order valence-corrected chi connectivity index (χ1v) is 9.64. The fourth-order valence-electron chi connectivity index (χ4n) is 3.06. The smallest absolute Gasteiger partial charge is 0.175 e. The zero-order chi connectivity index (χ0) is 16.4. The average molecular weight is 333 g/mol. The van der Waals surface area contributed by atoms with Gasteiger partial charge in [0, 0.05) is 6.26 Å². The highest BCUT2D eigenvalue weighted by atomic mass is 32.2. The van der Waals surface area contributed by atoms with E-state index in [1.165, 1.54) is 12.3 Å². The van der Waals surface area contributed by atoms with Gasteiger partial charge in [0.1, 0.15) is 5.82 Å². The summed E-state index contributed by atoms with van der Waals surface area (Å²) in [5.41, 5.74) is 2.64. The first-order valence-electron chi connectivity index (χ1n) is 7.75. The fourth-order valence-corrected chi connectivity index (χ4v) is 3.70. The molecule has 0 spiro atoms. The Balaban J connectivity index is 1.94. The van der Waals surface area contributed by atoms with Crippen LogP contribution in [0.15, 0.2) is 47.4 Å². The summed E-state index contributed by atoms with van der Waals surface area (Å²) >= 11 is 0. The van der Waals surface area contributed by atoms with Gasteiger partial charge in [-0.3, -0.25) is 0 Å². The molecule has 2 aromatic carbocycles.